The van der Waals surface area contributed by atoms with E-state index >= 15 is 0 Å². The molecule has 6 nitrogen and oxygen atoms in total. The number of aliphatic hydroxyl groups is 4. The highest BCUT2D eigenvalue weighted by molar-refractivity contribution is 7.18. The van der Waals surface area contributed by atoms with Crippen molar-refractivity contribution in [2.45, 2.75) is 37.4 Å². The second-order valence-electron chi connectivity index (χ2n) is 5.27. The lowest BCUT2D eigenvalue weighted by molar-refractivity contribution is -0.231. The van der Waals surface area contributed by atoms with Crippen LogP contribution in [0.1, 0.15) is 16.7 Å². The Morgan fingerprint density at radius 1 is 1.19 bits per heavy atom. The smallest absolute Gasteiger partial charge is 0.138 e. The standard InChI is InChI=1S/C14H17NO5S/c1-6-2-3-9-7(4-6)15-14(21-9)13-12(19)11(18)10(17)8(5-16)20-13/h2-4,8,10-13,16-19H,5H2,1H3/t8-,10-,11+,12-,13-/m1/s1. The maximum atomic E-state index is 10.1. The molecule has 1 aromatic carbocycles. The number of hydrogen-bond acceptors (Lipinski definition) is 7. The summed E-state index contributed by atoms with van der Waals surface area (Å²) < 4.78 is 6.47. The van der Waals surface area contributed by atoms with E-state index in [1.807, 2.05) is 25.1 Å². The molecule has 1 aromatic heterocycles. The fraction of sp³-hybridized carbons (Fsp3) is 0.500. The molecule has 0 unspecified atom stereocenters. The van der Waals surface area contributed by atoms with Gasteiger partial charge in [-0.05, 0) is 24.6 Å². The average Bonchev–Trinajstić information content (AvgIpc) is 2.88. The summed E-state index contributed by atoms with van der Waals surface area (Å²) in [7, 11) is 0. The van der Waals surface area contributed by atoms with Crippen LogP contribution in [0.15, 0.2) is 18.2 Å². The van der Waals surface area contributed by atoms with E-state index < -0.39 is 37.1 Å². The number of nitrogens with zero attached hydrogens (tertiary/aromatic N) is 1. The largest absolute Gasteiger partial charge is 0.394 e. The Bertz CT molecular complexity index is 643. The van der Waals surface area contributed by atoms with Gasteiger partial charge in [0, 0.05) is 0 Å². The van der Waals surface area contributed by atoms with E-state index in [0.717, 1.165) is 15.8 Å². The lowest BCUT2D eigenvalue weighted by Gasteiger charge is -2.39. The van der Waals surface area contributed by atoms with Crippen molar-refractivity contribution in [3.8, 4) is 0 Å². The van der Waals surface area contributed by atoms with E-state index in [2.05, 4.69) is 4.98 Å². The summed E-state index contributed by atoms with van der Waals surface area (Å²) >= 11 is 1.36. The molecule has 0 radical (unpaired) electrons. The maximum Gasteiger partial charge on any atom is 0.138 e. The van der Waals surface area contributed by atoms with E-state index in [4.69, 9.17) is 4.74 Å². The fourth-order valence-electron chi connectivity index (χ4n) is 2.48. The van der Waals surface area contributed by atoms with Crippen LogP contribution in [0.2, 0.25) is 0 Å². The molecule has 0 aliphatic carbocycles. The first kappa shape index (κ1) is 14.8. The molecule has 7 heteroatoms. The predicted molar refractivity (Wildman–Crippen MR) is 77.1 cm³/mol. The Hall–Kier alpha value is -1.09. The third kappa shape index (κ3) is 2.57. The average molecular weight is 311 g/mol. The number of rotatable bonds is 2. The van der Waals surface area contributed by atoms with Gasteiger partial charge >= 0.3 is 0 Å². The predicted octanol–water partition coefficient (Wildman–Crippen LogP) is 0.120. The van der Waals surface area contributed by atoms with Crippen molar-refractivity contribution in [3.05, 3.63) is 28.8 Å². The zero-order valence-corrected chi connectivity index (χ0v) is 12.2. The summed E-state index contributed by atoms with van der Waals surface area (Å²) in [6.45, 7) is 1.53. The highest BCUT2D eigenvalue weighted by Gasteiger charge is 2.45. The summed E-state index contributed by atoms with van der Waals surface area (Å²) in [6, 6.07) is 5.84. The van der Waals surface area contributed by atoms with Crippen LogP contribution in [-0.2, 0) is 4.74 Å². The molecule has 3 rings (SSSR count). The van der Waals surface area contributed by atoms with E-state index in [1.165, 1.54) is 11.3 Å². The monoisotopic (exact) mass is 311 g/mol. The van der Waals surface area contributed by atoms with Gasteiger partial charge in [-0.3, -0.25) is 0 Å². The fourth-order valence-corrected chi connectivity index (χ4v) is 3.51. The number of aryl methyl sites for hydroxylation is 1. The molecule has 2 aromatic rings. The van der Waals surface area contributed by atoms with Crippen LogP contribution in [0.4, 0.5) is 0 Å². The van der Waals surface area contributed by atoms with Crippen molar-refractivity contribution in [1.82, 2.24) is 4.98 Å². The summed E-state index contributed by atoms with van der Waals surface area (Å²) in [6.07, 6.45) is -5.79. The van der Waals surface area contributed by atoms with Crippen LogP contribution >= 0.6 is 11.3 Å². The number of benzene rings is 1. The molecule has 1 fully saturated rings. The molecule has 21 heavy (non-hydrogen) atoms. The highest BCUT2D eigenvalue weighted by Crippen LogP contribution is 2.36. The van der Waals surface area contributed by atoms with Crippen molar-refractivity contribution in [3.63, 3.8) is 0 Å². The minimum atomic E-state index is -1.38. The van der Waals surface area contributed by atoms with Crippen LogP contribution in [0.5, 0.6) is 0 Å². The van der Waals surface area contributed by atoms with Crippen molar-refractivity contribution in [1.29, 1.82) is 0 Å². The number of aromatic nitrogens is 1. The SMILES string of the molecule is Cc1ccc2sc([C@@H]3O[C@H](CO)[C@@H](O)[C@H](O)[C@H]3O)nc2c1. The van der Waals surface area contributed by atoms with Crippen molar-refractivity contribution in [2.75, 3.05) is 6.61 Å². The van der Waals surface area contributed by atoms with Crippen molar-refractivity contribution in [2.24, 2.45) is 0 Å². The molecule has 1 saturated heterocycles. The third-order valence-electron chi connectivity index (χ3n) is 3.70. The molecule has 2 heterocycles. The van der Waals surface area contributed by atoms with Gasteiger partial charge in [0.1, 0.15) is 35.5 Å². The first-order valence-electron chi connectivity index (χ1n) is 6.69. The molecule has 5 atom stereocenters. The second-order valence-corrected chi connectivity index (χ2v) is 6.33. The van der Waals surface area contributed by atoms with Gasteiger partial charge in [0.2, 0.25) is 0 Å². The molecular formula is C14H17NO5S. The summed E-state index contributed by atoms with van der Waals surface area (Å²) in [5.74, 6) is 0. The first-order chi connectivity index (χ1) is 10.0. The van der Waals surface area contributed by atoms with E-state index in [0.29, 0.717) is 5.01 Å². The second kappa shape index (κ2) is 5.60. The van der Waals surface area contributed by atoms with Gasteiger partial charge in [0.25, 0.3) is 0 Å². The zero-order valence-electron chi connectivity index (χ0n) is 11.4. The van der Waals surface area contributed by atoms with Crippen LogP contribution in [-0.4, -0.2) is 56.4 Å². The molecule has 0 spiro atoms. The van der Waals surface area contributed by atoms with Gasteiger partial charge < -0.3 is 25.2 Å². The van der Waals surface area contributed by atoms with Crippen molar-refractivity contribution >= 4 is 21.6 Å². The first-order valence-corrected chi connectivity index (χ1v) is 7.50. The number of ether oxygens (including phenoxy) is 1. The quantitative estimate of drug-likeness (QED) is 0.628. The Labute approximate surface area is 125 Å². The molecule has 4 N–H and O–H groups in total. The van der Waals surface area contributed by atoms with E-state index in [9.17, 15) is 20.4 Å². The van der Waals surface area contributed by atoms with Gasteiger partial charge in [-0.1, -0.05) is 6.07 Å². The van der Waals surface area contributed by atoms with Gasteiger partial charge in [-0.15, -0.1) is 11.3 Å². The van der Waals surface area contributed by atoms with Crippen LogP contribution in [0.25, 0.3) is 10.2 Å². The van der Waals surface area contributed by atoms with Gasteiger partial charge in [0.15, 0.2) is 0 Å². The number of thiazole rings is 1. The molecule has 114 valence electrons. The minimum Gasteiger partial charge on any atom is -0.394 e. The Balaban J connectivity index is 1.96. The lowest BCUT2D eigenvalue weighted by atomic mass is 9.95. The van der Waals surface area contributed by atoms with E-state index in [1.54, 1.807) is 0 Å². The molecule has 0 saturated carbocycles. The Morgan fingerprint density at radius 3 is 2.67 bits per heavy atom. The third-order valence-corrected chi connectivity index (χ3v) is 4.79. The molecule has 0 amide bonds. The lowest BCUT2D eigenvalue weighted by Crippen LogP contribution is -2.55. The van der Waals surface area contributed by atoms with Crippen LogP contribution < -0.4 is 0 Å². The number of aliphatic hydroxyl groups excluding tert-OH is 4. The molecule has 1 aliphatic rings. The Morgan fingerprint density at radius 2 is 1.95 bits per heavy atom. The zero-order chi connectivity index (χ0) is 15.1. The molecular weight excluding hydrogens is 294 g/mol. The van der Waals surface area contributed by atoms with E-state index in [-0.39, 0.29) is 0 Å². The van der Waals surface area contributed by atoms with Crippen LogP contribution in [0.3, 0.4) is 0 Å². The highest BCUT2D eigenvalue weighted by atomic mass is 32.1. The number of hydrogen-bond donors (Lipinski definition) is 4. The summed E-state index contributed by atoms with van der Waals surface area (Å²) in [5, 5.41) is 39.5. The van der Waals surface area contributed by atoms with Gasteiger partial charge in [0.05, 0.1) is 16.8 Å². The summed E-state index contributed by atoms with van der Waals surface area (Å²) in [5.41, 5.74) is 1.88. The summed E-state index contributed by atoms with van der Waals surface area (Å²) in [4.78, 5) is 4.44. The topological polar surface area (TPSA) is 103 Å². The van der Waals surface area contributed by atoms with Gasteiger partial charge in [-0.2, -0.15) is 0 Å². The Kier molecular flexibility index (Phi) is 3.96. The van der Waals surface area contributed by atoms with Crippen LogP contribution in [0, 0.1) is 6.92 Å². The molecule has 0 bridgehead atoms. The minimum absolute atomic E-state index is 0.439. The van der Waals surface area contributed by atoms with Crippen molar-refractivity contribution < 1.29 is 25.2 Å². The normalized spacial score (nSPS) is 33.5. The number of fused-ring (bicyclic) bond motifs is 1. The molecule has 1 aliphatic heterocycles. The van der Waals surface area contributed by atoms with Gasteiger partial charge in [-0.25, -0.2) is 4.98 Å². The maximum absolute atomic E-state index is 10.1.